The van der Waals surface area contributed by atoms with E-state index in [4.69, 9.17) is 4.74 Å². The molecule has 1 unspecified atom stereocenters. The van der Waals surface area contributed by atoms with Crippen LogP contribution in [0, 0.1) is 13.8 Å². The molecule has 1 aromatic carbocycles. The van der Waals surface area contributed by atoms with Crippen molar-refractivity contribution in [3.63, 3.8) is 0 Å². The van der Waals surface area contributed by atoms with Gasteiger partial charge in [-0.15, -0.1) is 0 Å². The molecule has 1 N–H and O–H groups in total. The number of amides is 1. The Morgan fingerprint density at radius 2 is 2.00 bits per heavy atom. The van der Waals surface area contributed by atoms with Crippen molar-refractivity contribution in [1.29, 1.82) is 0 Å². The van der Waals surface area contributed by atoms with Gasteiger partial charge in [-0.05, 0) is 57.1 Å². The van der Waals surface area contributed by atoms with Crippen LogP contribution in [-0.4, -0.2) is 38.8 Å². The zero-order valence-electron chi connectivity index (χ0n) is 11.9. The number of rotatable bonds is 4. The first kappa shape index (κ1) is 14.0. The molecule has 1 aromatic rings. The summed E-state index contributed by atoms with van der Waals surface area (Å²) in [6.45, 7) is 5.84. The summed E-state index contributed by atoms with van der Waals surface area (Å²) in [7, 11) is 1.93. The second-order valence-corrected chi connectivity index (χ2v) is 5.18. The maximum atomic E-state index is 12.0. The number of hydrogen-bond donors (Lipinski definition) is 1. The molecule has 1 heterocycles. The van der Waals surface area contributed by atoms with Gasteiger partial charge in [0.2, 0.25) is 0 Å². The molecule has 1 saturated heterocycles. The van der Waals surface area contributed by atoms with Crippen LogP contribution in [-0.2, 0) is 9.53 Å². The highest BCUT2D eigenvalue weighted by Gasteiger charge is 2.27. The average molecular weight is 262 g/mol. The lowest BCUT2D eigenvalue weighted by atomic mass is 10.1. The van der Waals surface area contributed by atoms with Crippen LogP contribution in [0.25, 0.3) is 0 Å². The molecule has 2 rings (SSSR count). The number of benzene rings is 1. The summed E-state index contributed by atoms with van der Waals surface area (Å²) in [6, 6.07) is 6.24. The minimum absolute atomic E-state index is 0.0470. The fourth-order valence-corrected chi connectivity index (χ4v) is 2.46. The first-order chi connectivity index (χ1) is 9.10. The lowest BCUT2D eigenvalue weighted by Crippen LogP contribution is -2.47. The Bertz CT molecular complexity index is 439. The summed E-state index contributed by atoms with van der Waals surface area (Å²) in [5.74, 6) is 0.0470. The Kier molecular flexibility index (Phi) is 4.56. The summed E-state index contributed by atoms with van der Waals surface area (Å²) in [5.41, 5.74) is 3.35. The van der Waals surface area contributed by atoms with Gasteiger partial charge in [0.25, 0.3) is 5.91 Å². The van der Waals surface area contributed by atoms with Gasteiger partial charge in [0.1, 0.15) is 6.61 Å². The summed E-state index contributed by atoms with van der Waals surface area (Å²) in [4.78, 5) is 13.9. The van der Waals surface area contributed by atoms with Crippen molar-refractivity contribution < 1.29 is 9.53 Å². The lowest BCUT2D eigenvalue weighted by Gasteiger charge is -2.33. The third-order valence-corrected chi connectivity index (χ3v) is 3.36. The molecule has 4 heteroatoms. The van der Waals surface area contributed by atoms with Crippen LogP contribution in [0.4, 0.5) is 5.69 Å². The van der Waals surface area contributed by atoms with Gasteiger partial charge in [-0.2, -0.15) is 0 Å². The smallest absolute Gasteiger partial charge is 0.253 e. The van der Waals surface area contributed by atoms with Crippen LogP contribution in [0.2, 0.25) is 0 Å². The number of nitrogens with one attached hydrogen (secondary N) is 1. The lowest BCUT2D eigenvalue weighted by molar-refractivity contribution is -0.129. The zero-order valence-corrected chi connectivity index (χ0v) is 11.9. The van der Waals surface area contributed by atoms with Crippen molar-refractivity contribution in [3.05, 3.63) is 29.3 Å². The normalized spacial score (nSPS) is 19.8. The molecule has 1 fully saturated rings. The van der Waals surface area contributed by atoms with E-state index in [-0.39, 0.29) is 18.6 Å². The molecule has 0 aromatic heterocycles. The van der Waals surface area contributed by atoms with E-state index in [0.29, 0.717) is 6.54 Å². The van der Waals surface area contributed by atoms with Crippen molar-refractivity contribution in [2.75, 3.05) is 31.6 Å². The number of nitrogens with zero attached hydrogens (tertiary/aromatic N) is 1. The van der Waals surface area contributed by atoms with Crippen LogP contribution in [0.5, 0.6) is 0 Å². The molecule has 0 saturated carbocycles. The van der Waals surface area contributed by atoms with Crippen LogP contribution >= 0.6 is 0 Å². The average Bonchev–Trinajstić information content (AvgIpc) is 2.36. The molecular formula is C15H22N2O2. The van der Waals surface area contributed by atoms with Gasteiger partial charge in [0, 0.05) is 5.69 Å². The number of carbonyl (C=O) groups is 1. The first-order valence-electron chi connectivity index (χ1n) is 6.75. The summed E-state index contributed by atoms with van der Waals surface area (Å²) < 4.78 is 5.57. The van der Waals surface area contributed by atoms with Crippen LogP contribution in [0.1, 0.15) is 17.5 Å². The van der Waals surface area contributed by atoms with E-state index in [2.05, 4.69) is 37.4 Å². The van der Waals surface area contributed by atoms with E-state index < -0.39 is 0 Å². The van der Waals surface area contributed by atoms with Crippen molar-refractivity contribution in [2.24, 2.45) is 0 Å². The van der Waals surface area contributed by atoms with E-state index in [1.165, 1.54) is 11.1 Å². The molecule has 0 radical (unpaired) electrons. The molecule has 0 aliphatic carbocycles. The molecular weight excluding hydrogens is 240 g/mol. The monoisotopic (exact) mass is 262 g/mol. The molecule has 19 heavy (non-hydrogen) atoms. The molecule has 1 aliphatic heterocycles. The highest BCUT2D eigenvalue weighted by Crippen LogP contribution is 2.22. The quantitative estimate of drug-likeness (QED) is 0.897. The van der Waals surface area contributed by atoms with Gasteiger partial charge in [-0.1, -0.05) is 6.07 Å². The van der Waals surface area contributed by atoms with E-state index >= 15 is 0 Å². The Balaban J connectivity index is 2.14. The number of aryl methyl sites for hydroxylation is 2. The van der Waals surface area contributed by atoms with Gasteiger partial charge in [-0.25, -0.2) is 0 Å². The fourth-order valence-electron chi connectivity index (χ4n) is 2.46. The number of hydrogen-bond acceptors (Lipinski definition) is 3. The van der Waals surface area contributed by atoms with Crippen LogP contribution < -0.4 is 10.2 Å². The van der Waals surface area contributed by atoms with Crippen molar-refractivity contribution in [2.45, 2.75) is 26.4 Å². The third-order valence-electron chi connectivity index (χ3n) is 3.36. The van der Waals surface area contributed by atoms with E-state index in [1.54, 1.807) is 0 Å². The maximum Gasteiger partial charge on any atom is 0.253 e. The van der Waals surface area contributed by atoms with Gasteiger partial charge < -0.3 is 15.0 Å². The predicted octanol–water partition coefficient (Wildman–Crippen LogP) is 1.64. The van der Waals surface area contributed by atoms with Crippen LogP contribution in [0.3, 0.4) is 0 Å². The van der Waals surface area contributed by atoms with Gasteiger partial charge in [0.15, 0.2) is 0 Å². The molecule has 104 valence electrons. The van der Waals surface area contributed by atoms with Crippen molar-refractivity contribution in [1.82, 2.24) is 5.32 Å². The number of ether oxygens (including phenoxy) is 1. The molecule has 0 bridgehead atoms. The minimum Gasteiger partial charge on any atom is -0.366 e. The molecule has 1 atom stereocenters. The fraction of sp³-hybridized carbons (Fsp3) is 0.533. The third kappa shape index (κ3) is 3.55. The van der Waals surface area contributed by atoms with Crippen molar-refractivity contribution >= 4 is 11.6 Å². The first-order valence-corrected chi connectivity index (χ1v) is 6.75. The Morgan fingerprint density at radius 3 is 2.63 bits per heavy atom. The van der Waals surface area contributed by atoms with Crippen LogP contribution in [0.15, 0.2) is 18.2 Å². The van der Waals surface area contributed by atoms with Crippen molar-refractivity contribution in [3.8, 4) is 0 Å². The molecule has 1 aliphatic rings. The number of carbonyl (C=O) groups excluding carboxylic acids is 1. The largest absolute Gasteiger partial charge is 0.366 e. The number of morpholine rings is 1. The number of anilines is 1. The summed E-state index contributed by atoms with van der Waals surface area (Å²) in [5, 5.41) is 3.12. The van der Waals surface area contributed by atoms with E-state index in [1.807, 2.05) is 11.9 Å². The van der Waals surface area contributed by atoms with Gasteiger partial charge in [-0.3, -0.25) is 4.79 Å². The molecule has 4 nitrogen and oxygen atoms in total. The SMILES string of the molecule is CNCCC1CN(c2cc(C)cc(C)c2)C(=O)CO1. The predicted molar refractivity (Wildman–Crippen MR) is 76.6 cm³/mol. The van der Waals surface area contributed by atoms with E-state index in [9.17, 15) is 4.79 Å². The zero-order chi connectivity index (χ0) is 13.8. The Hall–Kier alpha value is -1.39. The van der Waals surface area contributed by atoms with Gasteiger partial charge >= 0.3 is 0 Å². The standard InChI is InChI=1S/C15H22N2O2/c1-11-6-12(2)8-13(7-11)17-9-14(4-5-16-3)19-10-15(17)18/h6-8,14,16H,4-5,9-10H2,1-3H3. The second-order valence-electron chi connectivity index (χ2n) is 5.18. The highest BCUT2D eigenvalue weighted by atomic mass is 16.5. The maximum absolute atomic E-state index is 12.0. The summed E-state index contributed by atoms with van der Waals surface area (Å²) >= 11 is 0. The van der Waals surface area contributed by atoms with Gasteiger partial charge in [0.05, 0.1) is 12.6 Å². The minimum atomic E-state index is 0.0470. The van der Waals surface area contributed by atoms with E-state index in [0.717, 1.165) is 18.7 Å². The summed E-state index contributed by atoms with van der Waals surface area (Å²) in [6.07, 6.45) is 1.04. The Labute approximate surface area is 114 Å². The molecule has 0 spiro atoms. The topological polar surface area (TPSA) is 41.6 Å². The molecule has 1 amide bonds. The second kappa shape index (κ2) is 6.17. The Morgan fingerprint density at radius 1 is 1.32 bits per heavy atom. The highest BCUT2D eigenvalue weighted by molar-refractivity contribution is 5.95.